The van der Waals surface area contributed by atoms with Crippen LogP contribution < -0.4 is 82.4 Å². The molecule has 0 aliphatic heterocycles. The first-order valence-electron chi connectivity index (χ1n) is 33.6. The number of hydrogen-bond acceptors (Lipinski definition) is 28. The van der Waals surface area contributed by atoms with E-state index in [1.165, 1.54) is 114 Å². The molecule has 0 atom stereocenters. The van der Waals surface area contributed by atoms with Gasteiger partial charge in [-0.1, -0.05) is 79.0 Å². The minimum absolute atomic E-state index is 0. The van der Waals surface area contributed by atoms with E-state index in [9.17, 15) is 54.7 Å². The normalized spacial score (nSPS) is 10.6. The van der Waals surface area contributed by atoms with E-state index in [1.807, 2.05) is 31.2 Å². The number of ether oxygens (including phenoxy) is 6. The second-order valence-electron chi connectivity index (χ2n) is 23.5. The molecule has 5 aromatic carbocycles. The van der Waals surface area contributed by atoms with Crippen LogP contribution in [0.5, 0.6) is 35.1 Å². The molecule has 0 fully saturated rings. The van der Waals surface area contributed by atoms with Crippen LogP contribution in [0, 0.1) is 0 Å². The van der Waals surface area contributed by atoms with Crippen LogP contribution in [0.4, 0.5) is 30.7 Å². The summed E-state index contributed by atoms with van der Waals surface area (Å²) in [5.41, 5.74) is -0.0830. The van der Waals surface area contributed by atoms with Gasteiger partial charge in [0.25, 0.3) is 5.76 Å². The van der Waals surface area contributed by atoms with Gasteiger partial charge in [0, 0.05) is 231 Å². The summed E-state index contributed by atoms with van der Waals surface area (Å²) in [4.78, 5) is 60.6. The van der Waals surface area contributed by atoms with Gasteiger partial charge in [-0.3, -0.25) is 0 Å². The van der Waals surface area contributed by atoms with Gasteiger partial charge in [0.2, 0.25) is 0 Å². The van der Waals surface area contributed by atoms with Crippen LogP contribution in [0.15, 0.2) is 199 Å². The number of nitrogens with zero attached hydrogens (tertiary/aromatic N) is 30. The Labute approximate surface area is 821 Å². The Kier molecular flexibility index (Phi) is 40.5. The first kappa shape index (κ1) is 102. The van der Waals surface area contributed by atoms with Crippen molar-refractivity contribution in [2.24, 2.45) is 35.2 Å². The molecule has 0 bridgehead atoms. The number of allylic oxidation sites excluding steroid dienone is 1. The molecule has 0 aliphatic carbocycles. The number of hydrogen-bond donors (Lipinski definition) is 0. The fourth-order valence-corrected chi connectivity index (χ4v) is 11.7. The van der Waals surface area contributed by atoms with Gasteiger partial charge in [-0.15, -0.1) is 0 Å². The maximum absolute atomic E-state index is 12.9. The predicted molar refractivity (Wildman–Crippen MR) is 398 cm³/mol. The second-order valence-corrected chi connectivity index (χ2v) is 25.6. The largest absolute Gasteiger partial charge is 0.579 e. The number of benzene rings is 5. The number of thioether (sulfide) groups is 2. The SMILES string of the molecule is C=C(C)c1cccc(-n2nnn(C)c2=O)c1COc1cc[n-]n1.C=Cc1cccc(-n2nnn(C)c2=O)c1COc1cc[n-]n1.Cn1nnn(-c2cccc(OC(F)F)c2COc2cc[n-]n2)c1=O.Cn1nnn(-c2cccc(SC(F)(F)F)c2COc2cc[n-]n2)c1=O.Cn1nnn(-c2cccc(SC(F)F)c2COc2cc[n-]n2)c1=O.[Y].[Y].[Y].[Y].[Y]. The van der Waals surface area contributed by atoms with Crippen LogP contribution in [0.25, 0.3) is 40.1 Å². The summed E-state index contributed by atoms with van der Waals surface area (Å²) in [6, 6.07) is 32.0. The Hall–Kier alpha value is -9.49. The van der Waals surface area contributed by atoms with Crippen molar-refractivity contribution in [3.8, 4) is 63.6 Å². The van der Waals surface area contributed by atoms with Crippen LogP contribution in [0.2, 0.25) is 0 Å². The van der Waals surface area contributed by atoms with E-state index in [1.54, 1.807) is 69.0 Å². The number of alkyl halides is 7. The van der Waals surface area contributed by atoms with E-state index < -0.39 is 34.9 Å². The Balaban J connectivity index is 0.000000236. The summed E-state index contributed by atoms with van der Waals surface area (Å²) in [7, 11) is 7.33. The van der Waals surface area contributed by atoms with E-state index in [4.69, 9.17) is 23.7 Å². The third kappa shape index (κ3) is 27.3. The van der Waals surface area contributed by atoms with Gasteiger partial charge < -0.3 is 79.4 Å². The Bertz CT molecular complexity index is 6010. The summed E-state index contributed by atoms with van der Waals surface area (Å²) >= 11 is 0.0637. The number of rotatable bonds is 27. The van der Waals surface area contributed by atoms with Crippen LogP contribution in [0.3, 0.4) is 0 Å². The molecule has 0 amide bonds. The summed E-state index contributed by atoms with van der Waals surface area (Å²) in [6.07, 6.45) is 9.05. The fourth-order valence-electron chi connectivity index (χ4n) is 10.3. The average molecular weight is 2120 g/mol. The first-order chi connectivity index (χ1) is 56.7. The van der Waals surface area contributed by atoms with Gasteiger partial charge in [0.05, 0.1) is 34.0 Å². The van der Waals surface area contributed by atoms with E-state index in [2.05, 4.69) is 121 Å². The molecule has 0 spiro atoms. The molecule has 15 rings (SSSR count). The van der Waals surface area contributed by atoms with Crippen LogP contribution in [-0.2, 0) is 232 Å². The Morgan fingerprint density at radius 2 is 0.699 bits per heavy atom. The van der Waals surface area contributed by atoms with Crippen molar-refractivity contribution in [1.29, 1.82) is 0 Å². The minimum atomic E-state index is -4.50. The molecule has 15 aromatic rings. The predicted octanol–water partition coefficient (Wildman–Crippen LogP) is 4.68. The first-order valence-corrected chi connectivity index (χ1v) is 35.3. The van der Waals surface area contributed by atoms with E-state index >= 15 is 0 Å². The molecule has 10 aromatic heterocycles. The van der Waals surface area contributed by atoms with E-state index in [-0.39, 0.29) is 275 Å². The zero-order valence-corrected chi connectivity index (χ0v) is 80.7. The van der Waals surface area contributed by atoms with Gasteiger partial charge in [-0.2, -0.15) is 109 Å². The molecule has 41 nitrogen and oxygen atoms in total. The second kappa shape index (κ2) is 48.7. The maximum atomic E-state index is 12.9. The van der Waals surface area contributed by atoms with Crippen LogP contribution >= 0.6 is 23.5 Å². The number of halogens is 7. The van der Waals surface area contributed by atoms with Crippen molar-refractivity contribution in [1.82, 2.24) is 150 Å². The summed E-state index contributed by atoms with van der Waals surface area (Å²) in [5, 5.41) is 74.1. The third-order valence-electron chi connectivity index (χ3n) is 15.8. The van der Waals surface area contributed by atoms with Crippen LogP contribution in [0.1, 0.15) is 45.9 Å². The standard InChI is InChI=1S/C15H15N6O2.C14H13N6O2.C13H10F3N6O2S.C13H11F2N6O3.C13H11F2N6O2S.5Y/c1-10(2)11-5-4-6-13(21-15(22)20(3)18-19-21)12(11)9-23-14-7-8-16-17-14;1-3-10-5-4-6-12(20-14(21)19(2)17-18-20)11(10)9-22-13-7-8-15-16-13;1-21-12(23)22(20-19-21)9-3-2-4-10(25-13(14,15)16)8(9)7-24-11-5-6-17-18-11;2*1-20-13(22)21(19-18-20)9-3-2-4-10(24-12(14)15)8(9)7-23-11-5-6-16-17-11;;;;;/h4-8H,1,9H2,2-3H3;3-8H,1,9H2,2H3;2-6H,7H2,1H3;2*2-6,12H,7H2,1H3;;;;;/q5*-1;;;;;. The molecule has 123 heavy (non-hydrogen) atoms. The monoisotopic (exact) mass is 2110 g/mol. The van der Waals surface area contributed by atoms with Gasteiger partial charge in [0.1, 0.15) is 38.8 Å². The zero-order valence-electron chi connectivity index (χ0n) is 64.9. The van der Waals surface area contributed by atoms with Crippen molar-refractivity contribution in [2.75, 3.05) is 0 Å². The van der Waals surface area contributed by atoms with Gasteiger partial charge in [-0.25, -0.2) is 24.0 Å². The number of aryl methyl sites for hydroxylation is 5. The quantitative estimate of drug-likeness (QED) is 0.0498. The third-order valence-corrected chi connectivity index (χ3v) is 17.4. The van der Waals surface area contributed by atoms with Crippen LogP contribution in [-0.4, -0.2) is 142 Å². The van der Waals surface area contributed by atoms with Crippen molar-refractivity contribution in [3.05, 3.63) is 257 Å². The van der Waals surface area contributed by atoms with Gasteiger partial charge in [0.15, 0.2) is 29.4 Å². The van der Waals surface area contributed by atoms with Gasteiger partial charge in [-0.05, 0) is 161 Å². The number of aromatic nitrogens is 30. The molecule has 0 aliphatic rings. The van der Waals surface area contributed by atoms with E-state index in [0.717, 1.165) is 60.6 Å². The fraction of sp³-hybridized carbons (Fsp3) is 0.206. The number of tetrazole rings is 5. The molecular formula is C68H60F7N30O11S2Y5-5. The molecule has 629 valence electrons. The molecule has 5 radical (unpaired) electrons. The van der Waals surface area contributed by atoms with Gasteiger partial charge >= 0.3 is 40.6 Å². The summed E-state index contributed by atoms with van der Waals surface area (Å²) in [5.74, 6) is -1.31. The Morgan fingerprint density at radius 3 is 1.01 bits per heavy atom. The smallest absolute Gasteiger partial charge is 0.446 e. The van der Waals surface area contributed by atoms with Crippen molar-refractivity contribution in [2.45, 2.75) is 67.6 Å². The molecule has 0 N–H and O–H groups in total. The van der Waals surface area contributed by atoms with E-state index in [0.29, 0.717) is 46.1 Å². The minimum Gasteiger partial charge on any atom is -0.579 e. The molecular weight excluding hydrogens is 2050 g/mol. The maximum Gasteiger partial charge on any atom is 0.446 e. The summed E-state index contributed by atoms with van der Waals surface area (Å²) in [6.45, 7) is 6.54. The molecule has 0 saturated heterocycles. The topological polar surface area (TPSA) is 454 Å². The molecule has 0 saturated carbocycles. The molecule has 55 heteroatoms. The average Bonchev–Trinajstić information content (AvgIpc) is 1.45. The zero-order chi connectivity index (χ0) is 84.2. The Morgan fingerprint density at radius 1 is 0.407 bits per heavy atom. The molecule has 10 heterocycles. The summed E-state index contributed by atoms with van der Waals surface area (Å²) < 4.78 is 132. The van der Waals surface area contributed by atoms with Crippen molar-refractivity contribution < 1.29 is 223 Å². The molecule has 0 unspecified atom stereocenters. The van der Waals surface area contributed by atoms with Crippen molar-refractivity contribution in [3.63, 3.8) is 0 Å². The van der Waals surface area contributed by atoms with Crippen molar-refractivity contribution >= 4 is 35.2 Å².